The number of hydrogen-bond acceptors (Lipinski definition) is 6. The first-order valence-corrected chi connectivity index (χ1v) is 6.77. The van der Waals surface area contributed by atoms with E-state index < -0.39 is 5.97 Å². The van der Waals surface area contributed by atoms with Gasteiger partial charge in [0, 0.05) is 12.6 Å². The molecule has 6 heteroatoms. The summed E-state index contributed by atoms with van der Waals surface area (Å²) in [5, 5.41) is 3.13. The number of nitrogens with one attached hydrogen (secondary N) is 1. The van der Waals surface area contributed by atoms with Crippen LogP contribution in [0.3, 0.4) is 0 Å². The molecule has 1 unspecified atom stereocenters. The highest BCUT2D eigenvalue weighted by Gasteiger charge is 2.19. The molecule has 1 aromatic rings. The second-order valence-corrected chi connectivity index (χ2v) is 4.77. The molecule has 0 radical (unpaired) electrons. The molecule has 0 spiro atoms. The number of likely N-dealkylation sites (N-methyl/N-ethyl adjacent to an activating group) is 1. The lowest BCUT2D eigenvalue weighted by molar-refractivity contribution is 0.0519. The van der Waals surface area contributed by atoms with E-state index in [-0.39, 0.29) is 5.69 Å². The van der Waals surface area contributed by atoms with Crippen LogP contribution in [0.15, 0.2) is 10.7 Å². The molecule has 2 rings (SSSR count). The van der Waals surface area contributed by atoms with Gasteiger partial charge in [-0.1, -0.05) is 6.42 Å². The van der Waals surface area contributed by atoms with Gasteiger partial charge >= 0.3 is 5.97 Å². The van der Waals surface area contributed by atoms with E-state index in [1.54, 1.807) is 6.92 Å². The van der Waals surface area contributed by atoms with Crippen LogP contribution in [0.4, 0.5) is 6.01 Å². The van der Waals surface area contributed by atoms with Gasteiger partial charge in [-0.15, -0.1) is 0 Å². The van der Waals surface area contributed by atoms with Gasteiger partial charge in [-0.2, -0.15) is 4.98 Å². The molecule has 1 N–H and O–H groups in total. The van der Waals surface area contributed by atoms with Crippen molar-refractivity contribution in [2.24, 2.45) is 0 Å². The summed E-state index contributed by atoms with van der Waals surface area (Å²) in [6.45, 7) is 4.00. The van der Waals surface area contributed by atoms with Gasteiger partial charge in [-0.05, 0) is 33.4 Å². The minimum Gasteiger partial charge on any atom is -0.461 e. The molecule has 1 aliphatic heterocycles. The Morgan fingerprint density at radius 1 is 1.63 bits per heavy atom. The average molecular weight is 267 g/mol. The Kier molecular flexibility index (Phi) is 4.79. The normalized spacial score (nSPS) is 20.2. The van der Waals surface area contributed by atoms with E-state index >= 15 is 0 Å². The number of carbonyl (C=O) groups excluding carboxylic acids is 1. The van der Waals surface area contributed by atoms with Crippen LogP contribution in [0, 0.1) is 0 Å². The Hall–Kier alpha value is -1.56. The van der Waals surface area contributed by atoms with Gasteiger partial charge in [-0.3, -0.25) is 0 Å². The molecule has 19 heavy (non-hydrogen) atoms. The van der Waals surface area contributed by atoms with E-state index in [1.165, 1.54) is 25.5 Å². The maximum Gasteiger partial charge on any atom is 0.360 e. The van der Waals surface area contributed by atoms with Crippen LogP contribution < -0.4 is 5.32 Å². The van der Waals surface area contributed by atoms with Gasteiger partial charge in [0.25, 0.3) is 6.01 Å². The summed E-state index contributed by atoms with van der Waals surface area (Å²) in [5.74, 6) is -0.450. The zero-order chi connectivity index (χ0) is 13.7. The lowest BCUT2D eigenvalue weighted by atomic mass is 10.0. The highest BCUT2D eigenvalue weighted by Crippen LogP contribution is 2.16. The number of anilines is 1. The number of carbonyl (C=O) groups is 1. The van der Waals surface area contributed by atoms with Crippen molar-refractivity contribution in [2.45, 2.75) is 32.2 Å². The zero-order valence-electron chi connectivity index (χ0n) is 11.5. The number of oxazole rings is 1. The van der Waals surface area contributed by atoms with Gasteiger partial charge in [-0.25, -0.2) is 4.79 Å². The molecule has 1 fully saturated rings. The number of hydrogen-bond donors (Lipinski definition) is 1. The highest BCUT2D eigenvalue weighted by molar-refractivity contribution is 5.87. The van der Waals surface area contributed by atoms with Crippen LogP contribution in [0.2, 0.25) is 0 Å². The summed E-state index contributed by atoms with van der Waals surface area (Å²) in [6, 6.07) is 0.869. The maximum atomic E-state index is 11.4. The Morgan fingerprint density at radius 3 is 3.21 bits per heavy atom. The van der Waals surface area contributed by atoms with Crippen molar-refractivity contribution in [2.75, 3.05) is 32.1 Å². The van der Waals surface area contributed by atoms with Crippen LogP contribution in [-0.4, -0.2) is 48.6 Å². The molecule has 2 heterocycles. The fraction of sp³-hybridized carbons (Fsp3) is 0.692. The summed E-state index contributed by atoms with van der Waals surface area (Å²) in [4.78, 5) is 17.8. The van der Waals surface area contributed by atoms with Crippen molar-refractivity contribution in [1.29, 1.82) is 0 Å². The van der Waals surface area contributed by atoms with E-state index in [9.17, 15) is 4.79 Å². The molecule has 0 bridgehead atoms. The summed E-state index contributed by atoms with van der Waals surface area (Å²) in [5.41, 5.74) is 0.210. The van der Waals surface area contributed by atoms with Crippen molar-refractivity contribution in [1.82, 2.24) is 9.88 Å². The topological polar surface area (TPSA) is 67.6 Å². The lowest BCUT2D eigenvalue weighted by Crippen LogP contribution is -2.40. The molecule has 0 amide bonds. The standard InChI is InChI=1S/C13H21N3O3/c1-3-18-12(17)11-9-19-13(15-11)14-8-10-6-4-5-7-16(10)2/h9-10H,3-8H2,1-2H3,(H,14,15). The Morgan fingerprint density at radius 2 is 2.47 bits per heavy atom. The van der Waals surface area contributed by atoms with E-state index in [0.717, 1.165) is 13.1 Å². The minimum atomic E-state index is -0.450. The third-order valence-corrected chi connectivity index (χ3v) is 3.40. The molecule has 0 saturated carbocycles. The summed E-state index contributed by atoms with van der Waals surface area (Å²) in [6.07, 6.45) is 5.02. The quantitative estimate of drug-likeness (QED) is 0.820. The van der Waals surface area contributed by atoms with Crippen LogP contribution >= 0.6 is 0 Å². The number of rotatable bonds is 5. The summed E-state index contributed by atoms with van der Waals surface area (Å²) < 4.78 is 10.1. The molecule has 0 aliphatic carbocycles. The number of likely N-dealkylation sites (tertiary alicyclic amines) is 1. The fourth-order valence-electron chi connectivity index (χ4n) is 2.26. The second-order valence-electron chi connectivity index (χ2n) is 4.77. The van der Waals surface area contributed by atoms with E-state index in [4.69, 9.17) is 9.15 Å². The highest BCUT2D eigenvalue weighted by atomic mass is 16.5. The molecular weight excluding hydrogens is 246 g/mol. The number of esters is 1. The Balaban J connectivity index is 1.84. The van der Waals surface area contributed by atoms with Gasteiger partial charge in [0.15, 0.2) is 5.69 Å². The predicted molar refractivity (Wildman–Crippen MR) is 71.2 cm³/mol. The van der Waals surface area contributed by atoms with Crippen molar-refractivity contribution < 1.29 is 13.9 Å². The van der Waals surface area contributed by atoms with Crippen molar-refractivity contribution in [3.05, 3.63) is 12.0 Å². The molecule has 0 aromatic carbocycles. The summed E-state index contributed by atoms with van der Waals surface area (Å²) >= 11 is 0. The van der Waals surface area contributed by atoms with Crippen LogP contribution in [0.5, 0.6) is 0 Å². The van der Waals surface area contributed by atoms with Crippen molar-refractivity contribution >= 4 is 12.0 Å². The minimum absolute atomic E-state index is 0.210. The van der Waals surface area contributed by atoms with E-state index in [1.807, 2.05) is 0 Å². The average Bonchev–Trinajstić information content (AvgIpc) is 2.87. The molecular formula is C13H21N3O3. The predicted octanol–water partition coefficient (Wildman–Crippen LogP) is 1.75. The van der Waals surface area contributed by atoms with Gasteiger partial charge in [0.1, 0.15) is 6.26 Å². The molecule has 1 atom stereocenters. The van der Waals surface area contributed by atoms with E-state index in [2.05, 4.69) is 22.2 Å². The Labute approximate surface area is 113 Å². The van der Waals surface area contributed by atoms with Gasteiger partial charge in [0.05, 0.1) is 6.61 Å². The SMILES string of the molecule is CCOC(=O)c1coc(NCC2CCCCN2C)n1. The zero-order valence-corrected chi connectivity index (χ0v) is 11.5. The van der Waals surface area contributed by atoms with Crippen LogP contribution in [-0.2, 0) is 4.74 Å². The number of aromatic nitrogens is 1. The number of piperidine rings is 1. The first kappa shape index (κ1) is 13.9. The maximum absolute atomic E-state index is 11.4. The molecule has 1 aliphatic rings. The molecule has 1 aromatic heterocycles. The first-order chi connectivity index (χ1) is 9.20. The molecule has 1 saturated heterocycles. The van der Waals surface area contributed by atoms with Crippen molar-refractivity contribution in [3.63, 3.8) is 0 Å². The van der Waals surface area contributed by atoms with Gasteiger partial charge in [0.2, 0.25) is 0 Å². The third kappa shape index (κ3) is 3.70. The molecule has 6 nitrogen and oxygen atoms in total. The van der Waals surface area contributed by atoms with Gasteiger partial charge < -0.3 is 19.4 Å². The fourth-order valence-corrected chi connectivity index (χ4v) is 2.26. The van der Waals surface area contributed by atoms with Crippen LogP contribution in [0.25, 0.3) is 0 Å². The molecule has 106 valence electrons. The first-order valence-electron chi connectivity index (χ1n) is 6.77. The largest absolute Gasteiger partial charge is 0.461 e. The third-order valence-electron chi connectivity index (χ3n) is 3.40. The van der Waals surface area contributed by atoms with Crippen LogP contribution in [0.1, 0.15) is 36.7 Å². The second kappa shape index (κ2) is 6.56. The number of nitrogens with zero attached hydrogens (tertiary/aromatic N) is 2. The Bertz CT molecular complexity index is 419. The monoisotopic (exact) mass is 267 g/mol. The van der Waals surface area contributed by atoms with Crippen molar-refractivity contribution in [3.8, 4) is 0 Å². The lowest BCUT2D eigenvalue weighted by Gasteiger charge is -2.32. The van der Waals surface area contributed by atoms with E-state index in [0.29, 0.717) is 18.7 Å². The summed E-state index contributed by atoms with van der Waals surface area (Å²) in [7, 11) is 2.13. The number of ether oxygens (including phenoxy) is 1. The smallest absolute Gasteiger partial charge is 0.360 e.